The minimum atomic E-state index is -0.0669. The summed E-state index contributed by atoms with van der Waals surface area (Å²) in [4.78, 5) is 16.4. The fourth-order valence-corrected chi connectivity index (χ4v) is 4.55. The van der Waals surface area contributed by atoms with Crippen LogP contribution < -0.4 is 5.32 Å². The van der Waals surface area contributed by atoms with Gasteiger partial charge in [-0.3, -0.25) is 4.79 Å². The van der Waals surface area contributed by atoms with Crippen LogP contribution in [-0.4, -0.2) is 28.8 Å². The zero-order valence-corrected chi connectivity index (χ0v) is 20.1. The van der Waals surface area contributed by atoms with Crippen molar-refractivity contribution in [2.24, 2.45) is 11.8 Å². The van der Waals surface area contributed by atoms with E-state index < -0.39 is 0 Å². The van der Waals surface area contributed by atoms with Crippen molar-refractivity contribution in [2.45, 2.75) is 71.4 Å². The lowest BCUT2D eigenvalue weighted by molar-refractivity contribution is -0.151. The number of carbonyl (C=O) groups is 1. The van der Waals surface area contributed by atoms with E-state index in [1.165, 1.54) is 11.1 Å². The predicted octanol–water partition coefficient (Wildman–Crippen LogP) is 5.74. The smallest absolute Gasteiger partial charge is 0.309 e. The van der Waals surface area contributed by atoms with Gasteiger partial charge in [0.1, 0.15) is 0 Å². The number of ether oxygens (including phenoxy) is 1. The molecule has 0 bridgehead atoms. The van der Waals surface area contributed by atoms with Crippen LogP contribution in [0.4, 0.5) is 0 Å². The quantitative estimate of drug-likeness (QED) is 0.492. The number of nitrogens with zero attached hydrogens (tertiary/aromatic N) is 2. The van der Waals surface area contributed by atoms with Crippen LogP contribution in [0.5, 0.6) is 0 Å². The third-order valence-corrected chi connectivity index (χ3v) is 6.49. The van der Waals surface area contributed by atoms with Gasteiger partial charge in [0.05, 0.1) is 18.4 Å². The maximum Gasteiger partial charge on any atom is 0.309 e. The average molecular weight is 450 g/mol. The molecular formula is C27H35N3O3. The summed E-state index contributed by atoms with van der Waals surface area (Å²) in [6, 6.07) is 8.85. The predicted molar refractivity (Wildman–Crippen MR) is 128 cm³/mol. The summed E-state index contributed by atoms with van der Waals surface area (Å²) in [7, 11) is 0. The van der Waals surface area contributed by atoms with E-state index in [9.17, 15) is 4.79 Å². The van der Waals surface area contributed by atoms with Gasteiger partial charge in [0, 0.05) is 17.6 Å². The molecule has 1 fully saturated rings. The molecule has 2 aromatic rings. The maximum atomic E-state index is 11.8. The molecular weight excluding hydrogens is 414 g/mol. The highest BCUT2D eigenvalue weighted by Gasteiger charge is 2.36. The van der Waals surface area contributed by atoms with E-state index >= 15 is 0 Å². The van der Waals surface area contributed by atoms with Crippen molar-refractivity contribution in [2.75, 3.05) is 6.61 Å². The lowest BCUT2D eigenvalue weighted by Gasteiger charge is -2.36. The van der Waals surface area contributed by atoms with Gasteiger partial charge >= 0.3 is 5.97 Å². The minimum absolute atomic E-state index is 0.0424. The number of nitrogens with one attached hydrogen (secondary N) is 1. The fourth-order valence-electron chi connectivity index (χ4n) is 4.55. The Hall–Kier alpha value is -2.73. The van der Waals surface area contributed by atoms with Gasteiger partial charge in [-0.2, -0.15) is 4.98 Å². The number of rotatable bonds is 9. The second-order valence-electron chi connectivity index (χ2n) is 9.66. The van der Waals surface area contributed by atoms with Gasteiger partial charge < -0.3 is 14.6 Å². The van der Waals surface area contributed by atoms with Crippen molar-refractivity contribution in [3.05, 3.63) is 59.5 Å². The molecule has 1 N–H and O–H groups in total. The lowest BCUT2D eigenvalue weighted by atomic mass is 9.80. The Labute approximate surface area is 196 Å². The molecule has 0 saturated heterocycles. The number of hydrogen-bond donors (Lipinski definition) is 1. The van der Waals surface area contributed by atoms with Crippen molar-refractivity contribution in [3.8, 4) is 11.4 Å². The molecule has 0 spiro atoms. The van der Waals surface area contributed by atoms with Gasteiger partial charge in [-0.15, -0.1) is 0 Å². The van der Waals surface area contributed by atoms with Crippen LogP contribution in [0, 0.1) is 11.8 Å². The van der Waals surface area contributed by atoms with Crippen molar-refractivity contribution in [1.82, 2.24) is 15.5 Å². The van der Waals surface area contributed by atoms with Gasteiger partial charge in [0.25, 0.3) is 0 Å². The molecule has 2 atom stereocenters. The van der Waals surface area contributed by atoms with Crippen LogP contribution in [0.1, 0.15) is 76.8 Å². The van der Waals surface area contributed by atoms with Gasteiger partial charge in [-0.25, -0.2) is 0 Å². The van der Waals surface area contributed by atoms with E-state index in [-0.39, 0.29) is 23.8 Å². The molecule has 4 rings (SSSR count). The third-order valence-electron chi connectivity index (χ3n) is 6.49. The number of allylic oxidation sites excluding steroid dienone is 4. The van der Waals surface area contributed by atoms with Crippen LogP contribution in [-0.2, 0) is 9.53 Å². The highest BCUT2D eigenvalue weighted by Crippen LogP contribution is 2.32. The number of benzene rings is 1. The van der Waals surface area contributed by atoms with Crippen molar-refractivity contribution in [3.63, 3.8) is 0 Å². The first-order chi connectivity index (χ1) is 15.9. The Kier molecular flexibility index (Phi) is 7.43. The van der Waals surface area contributed by atoms with Crippen molar-refractivity contribution < 1.29 is 14.1 Å². The molecule has 1 saturated carbocycles. The standard InChI is InChI=1S/C27H35N3O3/c1-5-32-27(31)23-15-24(16-23)28-18(4)20-10-12-21(13-11-20)25-29-26(33-30-25)22-8-6-19(7-9-22)14-17(2)3/h6-8,10-13,17-18,22-24,28H,5,9,14-16H2,1-4H3/t18-,22?,23-,24+/m1/s1. The Bertz CT molecular complexity index is 1000. The zero-order valence-electron chi connectivity index (χ0n) is 20.1. The molecule has 6 heteroatoms. The van der Waals surface area contributed by atoms with E-state index in [0.29, 0.717) is 30.3 Å². The molecule has 1 aromatic heterocycles. The van der Waals surface area contributed by atoms with Crippen LogP contribution >= 0.6 is 0 Å². The molecule has 176 valence electrons. The van der Waals surface area contributed by atoms with E-state index in [4.69, 9.17) is 9.26 Å². The van der Waals surface area contributed by atoms with Gasteiger partial charge in [-0.05, 0) is 51.0 Å². The number of esters is 1. The van der Waals surface area contributed by atoms with E-state index in [0.717, 1.165) is 31.2 Å². The van der Waals surface area contributed by atoms with Crippen LogP contribution in [0.3, 0.4) is 0 Å². The number of aromatic nitrogens is 2. The molecule has 0 radical (unpaired) electrons. The van der Waals surface area contributed by atoms with E-state index in [1.54, 1.807) is 0 Å². The SMILES string of the molecule is CCOC(=O)[C@H]1C[C@@H](N[C@H](C)c2ccc(-c3noc(C4C=CC(CC(C)C)=CC4)n3)cc2)C1. The van der Waals surface area contributed by atoms with Gasteiger partial charge in [0.15, 0.2) is 0 Å². The monoisotopic (exact) mass is 449 g/mol. The summed E-state index contributed by atoms with van der Waals surface area (Å²) in [6.45, 7) is 8.92. The molecule has 33 heavy (non-hydrogen) atoms. The third kappa shape index (κ3) is 5.80. The molecule has 1 heterocycles. The normalized spacial score (nSPS) is 23.2. The number of carbonyl (C=O) groups excluding carboxylic acids is 1. The van der Waals surface area contributed by atoms with E-state index in [1.807, 2.05) is 19.1 Å². The molecule has 6 nitrogen and oxygen atoms in total. The summed E-state index contributed by atoms with van der Waals surface area (Å²) >= 11 is 0. The average Bonchev–Trinajstić information content (AvgIpc) is 3.26. The topological polar surface area (TPSA) is 77.2 Å². The molecule has 2 aliphatic carbocycles. The summed E-state index contributed by atoms with van der Waals surface area (Å²) in [5.74, 6) is 2.07. The first-order valence-electron chi connectivity index (χ1n) is 12.2. The minimum Gasteiger partial charge on any atom is -0.466 e. The molecule has 1 aromatic carbocycles. The Morgan fingerprint density at radius 1 is 1.21 bits per heavy atom. The molecule has 2 aliphatic rings. The summed E-state index contributed by atoms with van der Waals surface area (Å²) in [5, 5.41) is 7.82. The van der Waals surface area contributed by atoms with Crippen molar-refractivity contribution in [1.29, 1.82) is 0 Å². The second-order valence-corrected chi connectivity index (χ2v) is 9.66. The van der Waals surface area contributed by atoms with E-state index in [2.05, 4.69) is 66.6 Å². The molecule has 0 aliphatic heterocycles. The highest BCUT2D eigenvalue weighted by molar-refractivity contribution is 5.73. The second kappa shape index (κ2) is 10.5. The number of hydrogen-bond acceptors (Lipinski definition) is 6. The first-order valence-corrected chi connectivity index (χ1v) is 12.2. The largest absolute Gasteiger partial charge is 0.466 e. The highest BCUT2D eigenvalue weighted by atomic mass is 16.5. The molecule has 0 amide bonds. The fraction of sp³-hybridized carbons (Fsp3) is 0.519. The Morgan fingerprint density at radius 3 is 2.61 bits per heavy atom. The van der Waals surface area contributed by atoms with Crippen LogP contribution in [0.2, 0.25) is 0 Å². The summed E-state index contributed by atoms with van der Waals surface area (Å²) in [5.41, 5.74) is 3.53. The van der Waals surface area contributed by atoms with Gasteiger partial charge in [0.2, 0.25) is 11.7 Å². The maximum absolute atomic E-state index is 11.8. The summed E-state index contributed by atoms with van der Waals surface area (Å²) in [6.07, 6.45) is 10.4. The van der Waals surface area contributed by atoms with Crippen LogP contribution in [0.25, 0.3) is 11.4 Å². The zero-order chi connectivity index (χ0) is 23.4. The van der Waals surface area contributed by atoms with Crippen molar-refractivity contribution >= 4 is 5.97 Å². The van der Waals surface area contributed by atoms with Crippen LogP contribution in [0.15, 0.2) is 52.6 Å². The summed E-state index contributed by atoms with van der Waals surface area (Å²) < 4.78 is 10.7. The Balaban J connectivity index is 1.30. The first kappa shape index (κ1) is 23.4. The van der Waals surface area contributed by atoms with Gasteiger partial charge in [-0.1, -0.05) is 67.1 Å². The lowest BCUT2D eigenvalue weighted by Crippen LogP contribution is -2.45. The molecule has 1 unspecified atom stereocenters. The Morgan fingerprint density at radius 2 is 1.97 bits per heavy atom.